The minimum atomic E-state index is -0.256. The van der Waals surface area contributed by atoms with Crippen LogP contribution in [0.15, 0.2) is 18.2 Å². The van der Waals surface area contributed by atoms with Gasteiger partial charge in [-0.3, -0.25) is 4.79 Å². The highest BCUT2D eigenvalue weighted by atomic mass is 79.9. The summed E-state index contributed by atoms with van der Waals surface area (Å²) >= 11 is 3.07. The zero-order valence-corrected chi connectivity index (χ0v) is 9.93. The Labute approximate surface area is 92.4 Å². The van der Waals surface area contributed by atoms with Crippen LogP contribution in [0.1, 0.15) is 18.1 Å². The quantitative estimate of drug-likeness (QED) is 0.473. The topological polar surface area (TPSA) is 26.3 Å². The number of carbonyl (C=O) groups is 1. The molecular formula is C11H13BrO2. The van der Waals surface area contributed by atoms with Crippen LogP contribution in [0.2, 0.25) is 0 Å². The molecule has 3 heteroatoms. The number of ether oxygens (including phenoxy) is 1. The van der Waals surface area contributed by atoms with Gasteiger partial charge in [0.2, 0.25) is 0 Å². The normalized spacial score (nSPS) is 9.93. The molecule has 0 aliphatic carbocycles. The summed E-state index contributed by atoms with van der Waals surface area (Å²) in [6.07, 6.45) is 0.868. The van der Waals surface area contributed by atoms with Crippen LogP contribution in [0.5, 0.6) is 5.75 Å². The van der Waals surface area contributed by atoms with E-state index in [1.807, 2.05) is 32.0 Å². The van der Waals surface area contributed by atoms with Crippen molar-refractivity contribution in [3.8, 4) is 5.75 Å². The van der Waals surface area contributed by atoms with Gasteiger partial charge in [-0.1, -0.05) is 41.1 Å². The van der Waals surface area contributed by atoms with Crippen molar-refractivity contribution in [3.63, 3.8) is 0 Å². The fraction of sp³-hybridized carbons (Fsp3) is 0.364. The molecule has 0 fully saturated rings. The van der Waals surface area contributed by atoms with E-state index >= 15 is 0 Å². The van der Waals surface area contributed by atoms with E-state index in [0.29, 0.717) is 5.75 Å². The van der Waals surface area contributed by atoms with Gasteiger partial charge in [0, 0.05) is 0 Å². The van der Waals surface area contributed by atoms with Gasteiger partial charge < -0.3 is 4.74 Å². The third-order valence-corrected chi connectivity index (χ3v) is 2.46. The molecule has 76 valence electrons. The van der Waals surface area contributed by atoms with Crippen molar-refractivity contribution in [3.05, 3.63) is 29.3 Å². The number of hydrogen-bond donors (Lipinski definition) is 0. The molecule has 0 atom stereocenters. The molecule has 0 aromatic heterocycles. The number of aryl methyl sites for hydroxylation is 2. The van der Waals surface area contributed by atoms with E-state index in [4.69, 9.17) is 4.74 Å². The van der Waals surface area contributed by atoms with Crippen molar-refractivity contribution in [2.24, 2.45) is 0 Å². The second-order valence-corrected chi connectivity index (χ2v) is 3.59. The second-order valence-electron chi connectivity index (χ2n) is 3.02. The molecule has 0 N–H and O–H groups in total. The molecule has 0 bridgehead atoms. The highest BCUT2D eigenvalue weighted by Crippen LogP contribution is 2.23. The van der Waals surface area contributed by atoms with Crippen molar-refractivity contribution in [1.29, 1.82) is 0 Å². The molecule has 1 aromatic rings. The SMILES string of the molecule is CCc1cccc(C)c1OC(=O)CBr. The van der Waals surface area contributed by atoms with Crippen molar-refractivity contribution < 1.29 is 9.53 Å². The van der Waals surface area contributed by atoms with Gasteiger partial charge in [-0.2, -0.15) is 0 Å². The third-order valence-electron chi connectivity index (χ3n) is 2.00. The summed E-state index contributed by atoms with van der Waals surface area (Å²) in [6.45, 7) is 3.98. The largest absolute Gasteiger partial charge is 0.425 e. The Hall–Kier alpha value is -0.830. The summed E-state index contributed by atoms with van der Waals surface area (Å²) in [5, 5.41) is 0.227. The highest BCUT2D eigenvalue weighted by Gasteiger charge is 2.09. The fourth-order valence-corrected chi connectivity index (χ4v) is 1.39. The van der Waals surface area contributed by atoms with Crippen molar-refractivity contribution >= 4 is 21.9 Å². The molecule has 14 heavy (non-hydrogen) atoms. The van der Waals surface area contributed by atoms with Gasteiger partial charge in [0.1, 0.15) is 11.1 Å². The Balaban J connectivity index is 2.98. The molecule has 0 spiro atoms. The Morgan fingerprint density at radius 3 is 2.79 bits per heavy atom. The van der Waals surface area contributed by atoms with Crippen molar-refractivity contribution in [2.45, 2.75) is 20.3 Å². The standard InChI is InChI=1S/C11H13BrO2/c1-3-9-6-4-5-8(2)11(9)14-10(13)7-12/h4-6H,3,7H2,1-2H3. The Morgan fingerprint density at radius 2 is 2.21 bits per heavy atom. The number of esters is 1. The maximum atomic E-state index is 11.1. The molecule has 1 rings (SSSR count). The molecule has 0 aliphatic heterocycles. The molecule has 0 saturated carbocycles. The number of halogens is 1. The summed E-state index contributed by atoms with van der Waals surface area (Å²) in [6, 6.07) is 5.89. The number of alkyl halides is 1. The van der Waals surface area contributed by atoms with Crippen LogP contribution in [0.3, 0.4) is 0 Å². The molecule has 2 nitrogen and oxygen atoms in total. The summed E-state index contributed by atoms with van der Waals surface area (Å²) in [7, 11) is 0. The number of carbonyl (C=O) groups excluding carboxylic acids is 1. The van der Waals surface area contributed by atoms with Gasteiger partial charge in [0.05, 0.1) is 0 Å². The lowest BCUT2D eigenvalue weighted by molar-refractivity contribution is -0.131. The van der Waals surface area contributed by atoms with E-state index in [9.17, 15) is 4.79 Å². The lowest BCUT2D eigenvalue weighted by Gasteiger charge is -2.10. The molecule has 0 unspecified atom stereocenters. The van der Waals surface area contributed by atoms with Crippen LogP contribution in [0.4, 0.5) is 0 Å². The fourth-order valence-electron chi connectivity index (χ4n) is 1.28. The number of rotatable bonds is 3. The number of benzene rings is 1. The minimum absolute atomic E-state index is 0.227. The Kier molecular flexibility index (Phi) is 4.14. The summed E-state index contributed by atoms with van der Waals surface area (Å²) in [4.78, 5) is 11.1. The van der Waals surface area contributed by atoms with E-state index < -0.39 is 0 Å². The van der Waals surface area contributed by atoms with Crippen molar-refractivity contribution in [2.75, 3.05) is 5.33 Å². The van der Waals surface area contributed by atoms with Crippen molar-refractivity contribution in [1.82, 2.24) is 0 Å². The average molecular weight is 257 g/mol. The molecule has 0 saturated heterocycles. The van der Waals surface area contributed by atoms with Gasteiger partial charge >= 0.3 is 5.97 Å². The van der Waals surface area contributed by atoms with Gasteiger partial charge in [-0.05, 0) is 24.5 Å². The first-order valence-corrected chi connectivity index (χ1v) is 5.66. The van der Waals surface area contributed by atoms with Crippen LogP contribution in [0.25, 0.3) is 0 Å². The predicted molar refractivity (Wildman–Crippen MR) is 60.0 cm³/mol. The number of hydrogen-bond acceptors (Lipinski definition) is 2. The summed E-state index contributed by atoms with van der Waals surface area (Å²) in [5.74, 6) is 0.452. The lowest BCUT2D eigenvalue weighted by atomic mass is 10.1. The summed E-state index contributed by atoms with van der Waals surface area (Å²) < 4.78 is 5.23. The van der Waals surface area contributed by atoms with Crippen LogP contribution in [-0.2, 0) is 11.2 Å². The van der Waals surface area contributed by atoms with Crippen LogP contribution in [0, 0.1) is 6.92 Å². The summed E-state index contributed by atoms with van der Waals surface area (Å²) in [5.41, 5.74) is 2.07. The van der Waals surface area contributed by atoms with E-state index in [1.165, 1.54) is 0 Å². The average Bonchev–Trinajstić information content (AvgIpc) is 2.20. The smallest absolute Gasteiger partial charge is 0.321 e. The predicted octanol–water partition coefficient (Wildman–Crippen LogP) is 2.86. The molecular weight excluding hydrogens is 244 g/mol. The molecule has 0 heterocycles. The van der Waals surface area contributed by atoms with Gasteiger partial charge in [-0.25, -0.2) is 0 Å². The zero-order chi connectivity index (χ0) is 10.6. The maximum Gasteiger partial charge on any atom is 0.321 e. The van der Waals surface area contributed by atoms with Crippen LogP contribution >= 0.6 is 15.9 Å². The van der Waals surface area contributed by atoms with Crippen LogP contribution in [-0.4, -0.2) is 11.3 Å². The second kappa shape index (κ2) is 5.15. The first-order valence-electron chi connectivity index (χ1n) is 4.54. The van der Waals surface area contributed by atoms with Gasteiger partial charge in [0.25, 0.3) is 0 Å². The zero-order valence-electron chi connectivity index (χ0n) is 8.34. The highest BCUT2D eigenvalue weighted by molar-refractivity contribution is 9.09. The Bertz CT molecular complexity index is 334. The molecule has 0 aliphatic rings. The molecule has 0 radical (unpaired) electrons. The van der Waals surface area contributed by atoms with Gasteiger partial charge in [-0.15, -0.1) is 0 Å². The van der Waals surface area contributed by atoms with E-state index in [-0.39, 0.29) is 11.3 Å². The first kappa shape index (κ1) is 11.2. The van der Waals surface area contributed by atoms with E-state index in [0.717, 1.165) is 17.5 Å². The maximum absolute atomic E-state index is 11.1. The minimum Gasteiger partial charge on any atom is -0.425 e. The third kappa shape index (κ3) is 2.58. The Morgan fingerprint density at radius 1 is 1.50 bits per heavy atom. The molecule has 0 amide bonds. The first-order chi connectivity index (χ1) is 6.69. The molecule has 1 aromatic carbocycles. The van der Waals surface area contributed by atoms with E-state index in [1.54, 1.807) is 0 Å². The van der Waals surface area contributed by atoms with Gasteiger partial charge in [0.15, 0.2) is 0 Å². The van der Waals surface area contributed by atoms with E-state index in [2.05, 4.69) is 15.9 Å². The lowest BCUT2D eigenvalue weighted by Crippen LogP contribution is -2.11. The monoisotopic (exact) mass is 256 g/mol. The van der Waals surface area contributed by atoms with Crippen LogP contribution < -0.4 is 4.74 Å². The number of para-hydroxylation sites is 1.